The van der Waals surface area contributed by atoms with Crippen molar-refractivity contribution in [2.45, 2.75) is 6.42 Å². The van der Waals surface area contributed by atoms with E-state index in [1.807, 2.05) is 0 Å². The van der Waals surface area contributed by atoms with Crippen molar-refractivity contribution in [3.05, 3.63) is 51.1 Å². The zero-order valence-corrected chi connectivity index (χ0v) is 11.4. The van der Waals surface area contributed by atoms with Crippen LogP contribution < -0.4 is 0 Å². The number of nitriles is 1. The van der Waals surface area contributed by atoms with Gasteiger partial charge >= 0.3 is 0 Å². The third kappa shape index (κ3) is 2.59. The third-order valence-electron chi connectivity index (χ3n) is 2.42. The highest BCUT2D eigenvalue weighted by molar-refractivity contribution is 6.37. The van der Waals surface area contributed by atoms with E-state index in [9.17, 15) is 0 Å². The molecule has 0 atom stereocenters. The Morgan fingerprint density at radius 3 is 2.67 bits per heavy atom. The maximum Gasteiger partial charge on any atom is 0.0906 e. The summed E-state index contributed by atoms with van der Waals surface area (Å²) in [5, 5.41) is 10.2. The lowest BCUT2D eigenvalue weighted by Gasteiger charge is -2.08. The minimum Gasteiger partial charge on any atom is -0.255 e. The number of nitrogens with zero attached hydrogens (tertiary/aromatic N) is 2. The van der Waals surface area contributed by atoms with Crippen molar-refractivity contribution in [3.8, 4) is 17.3 Å². The molecule has 1 heterocycles. The third-order valence-corrected chi connectivity index (χ3v) is 3.41. The molecule has 0 spiro atoms. The molecule has 0 fully saturated rings. The van der Waals surface area contributed by atoms with Gasteiger partial charge in [-0.15, -0.1) is 0 Å². The number of hydrogen-bond donors (Lipinski definition) is 0. The molecular formula is C13H7Cl3N2. The molecule has 0 bridgehead atoms. The van der Waals surface area contributed by atoms with Gasteiger partial charge in [-0.2, -0.15) is 5.26 Å². The van der Waals surface area contributed by atoms with Crippen molar-refractivity contribution >= 4 is 34.8 Å². The Hall–Kier alpha value is -1.27. The molecule has 0 aliphatic heterocycles. The molecule has 2 rings (SSSR count). The van der Waals surface area contributed by atoms with Gasteiger partial charge in [0.25, 0.3) is 0 Å². The Kier molecular flexibility index (Phi) is 4.08. The van der Waals surface area contributed by atoms with Crippen LogP contribution in [-0.4, -0.2) is 4.98 Å². The van der Waals surface area contributed by atoms with Crippen LogP contribution in [0.5, 0.6) is 0 Å². The SMILES string of the molecule is N#CCc1ccnc(-c2cc(Cl)ccc2Cl)c1Cl. The second-order valence-electron chi connectivity index (χ2n) is 3.59. The molecule has 0 saturated carbocycles. The van der Waals surface area contributed by atoms with Crippen LogP contribution in [0.1, 0.15) is 5.56 Å². The van der Waals surface area contributed by atoms with Crippen molar-refractivity contribution in [2.24, 2.45) is 0 Å². The van der Waals surface area contributed by atoms with Gasteiger partial charge in [-0.05, 0) is 29.8 Å². The lowest BCUT2D eigenvalue weighted by molar-refractivity contribution is 1.21. The number of aromatic nitrogens is 1. The van der Waals surface area contributed by atoms with E-state index < -0.39 is 0 Å². The molecule has 5 heteroatoms. The van der Waals surface area contributed by atoms with Gasteiger partial charge in [-0.1, -0.05) is 34.8 Å². The van der Waals surface area contributed by atoms with Crippen LogP contribution in [0.15, 0.2) is 30.5 Å². The molecule has 1 aromatic carbocycles. The van der Waals surface area contributed by atoms with Crippen LogP contribution in [0.3, 0.4) is 0 Å². The molecule has 0 aliphatic carbocycles. The highest BCUT2D eigenvalue weighted by Gasteiger charge is 2.12. The largest absolute Gasteiger partial charge is 0.255 e. The van der Waals surface area contributed by atoms with Gasteiger partial charge < -0.3 is 0 Å². The molecule has 0 aliphatic rings. The first kappa shape index (κ1) is 13.2. The normalized spacial score (nSPS) is 10.1. The molecule has 2 nitrogen and oxygen atoms in total. The fraction of sp³-hybridized carbons (Fsp3) is 0.0769. The summed E-state index contributed by atoms with van der Waals surface area (Å²) in [6.07, 6.45) is 1.83. The molecule has 0 saturated heterocycles. The van der Waals surface area contributed by atoms with Crippen LogP contribution in [0.2, 0.25) is 15.1 Å². The predicted octanol–water partition coefficient (Wildman–Crippen LogP) is 4.77. The van der Waals surface area contributed by atoms with E-state index in [1.165, 1.54) is 0 Å². The Bertz CT molecular complexity index is 633. The maximum atomic E-state index is 8.73. The number of pyridine rings is 1. The average Bonchev–Trinajstić information content (AvgIpc) is 2.35. The topological polar surface area (TPSA) is 36.7 Å². The molecular weight excluding hydrogens is 291 g/mol. The zero-order valence-electron chi connectivity index (χ0n) is 9.12. The quantitative estimate of drug-likeness (QED) is 0.800. The monoisotopic (exact) mass is 296 g/mol. The number of halogens is 3. The summed E-state index contributed by atoms with van der Waals surface area (Å²) < 4.78 is 0. The Labute approximate surface area is 120 Å². The number of hydrogen-bond acceptors (Lipinski definition) is 2. The van der Waals surface area contributed by atoms with E-state index in [0.29, 0.717) is 26.3 Å². The second kappa shape index (κ2) is 5.58. The minimum absolute atomic E-state index is 0.229. The second-order valence-corrected chi connectivity index (χ2v) is 4.81. The first-order chi connectivity index (χ1) is 8.63. The van der Waals surface area contributed by atoms with Crippen LogP contribution in [0.25, 0.3) is 11.3 Å². The van der Waals surface area contributed by atoms with Gasteiger partial charge in [0.1, 0.15) is 0 Å². The highest BCUT2D eigenvalue weighted by atomic mass is 35.5. The summed E-state index contributed by atoms with van der Waals surface area (Å²) in [6.45, 7) is 0. The van der Waals surface area contributed by atoms with E-state index in [0.717, 1.165) is 5.56 Å². The summed E-state index contributed by atoms with van der Waals surface area (Å²) >= 11 is 18.3. The van der Waals surface area contributed by atoms with Crippen molar-refractivity contribution in [1.82, 2.24) is 4.98 Å². The van der Waals surface area contributed by atoms with Gasteiger partial charge in [0.15, 0.2) is 0 Å². The van der Waals surface area contributed by atoms with E-state index >= 15 is 0 Å². The van der Waals surface area contributed by atoms with Gasteiger partial charge in [0, 0.05) is 16.8 Å². The minimum atomic E-state index is 0.229. The standard InChI is InChI=1S/C13H7Cl3N2/c14-9-1-2-11(15)10(7-9)13-12(16)8(3-5-17)4-6-18-13/h1-2,4,6-7H,3H2. The zero-order chi connectivity index (χ0) is 13.1. The van der Waals surface area contributed by atoms with E-state index in [4.69, 9.17) is 40.1 Å². The smallest absolute Gasteiger partial charge is 0.0906 e. The first-order valence-corrected chi connectivity index (χ1v) is 6.22. The number of rotatable bonds is 2. The van der Waals surface area contributed by atoms with E-state index in [2.05, 4.69) is 11.1 Å². The molecule has 18 heavy (non-hydrogen) atoms. The van der Waals surface area contributed by atoms with Crippen molar-refractivity contribution in [3.63, 3.8) is 0 Å². The summed E-state index contributed by atoms with van der Waals surface area (Å²) in [4.78, 5) is 4.21. The molecule has 0 N–H and O–H groups in total. The van der Waals surface area contributed by atoms with Gasteiger partial charge in [0.2, 0.25) is 0 Å². The molecule has 0 unspecified atom stereocenters. The first-order valence-electron chi connectivity index (χ1n) is 5.09. The Morgan fingerprint density at radius 2 is 1.94 bits per heavy atom. The average molecular weight is 298 g/mol. The fourth-order valence-electron chi connectivity index (χ4n) is 1.57. The van der Waals surface area contributed by atoms with Crippen LogP contribution in [0, 0.1) is 11.3 Å². The van der Waals surface area contributed by atoms with Gasteiger partial charge in [-0.25, -0.2) is 0 Å². The van der Waals surface area contributed by atoms with Crippen molar-refractivity contribution < 1.29 is 0 Å². The highest BCUT2D eigenvalue weighted by Crippen LogP contribution is 2.35. The van der Waals surface area contributed by atoms with Crippen LogP contribution in [-0.2, 0) is 6.42 Å². The maximum absolute atomic E-state index is 8.73. The summed E-state index contributed by atoms with van der Waals surface area (Å²) in [5.74, 6) is 0. The molecule has 90 valence electrons. The molecule has 1 aromatic heterocycles. The molecule has 2 aromatic rings. The fourth-order valence-corrected chi connectivity index (χ4v) is 2.23. The van der Waals surface area contributed by atoms with Gasteiger partial charge in [-0.3, -0.25) is 4.98 Å². The van der Waals surface area contributed by atoms with E-state index in [1.54, 1.807) is 30.5 Å². The molecule has 0 radical (unpaired) electrons. The van der Waals surface area contributed by atoms with E-state index in [-0.39, 0.29) is 6.42 Å². The van der Waals surface area contributed by atoms with Crippen LogP contribution in [0.4, 0.5) is 0 Å². The number of benzene rings is 1. The Balaban J connectivity index is 2.61. The van der Waals surface area contributed by atoms with Crippen LogP contribution >= 0.6 is 34.8 Å². The summed E-state index contributed by atoms with van der Waals surface area (Å²) in [7, 11) is 0. The van der Waals surface area contributed by atoms with Crippen molar-refractivity contribution in [1.29, 1.82) is 5.26 Å². The summed E-state index contributed by atoms with van der Waals surface area (Å²) in [6, 6.07) is 8.86. The molecule has 0 amide bonds. The van der Waals surface area contributed by atoms with Crippen molar-refractivity contribution in [2.75, 3.05) is 0 Å². The Morgan fingerprint density at radius 1 is 1.17 bits per heavy atom. The lowest BCUT2D eigenvalue weighted by Crippen LogP contribution is -1.91. The lowest BCUT2D eigenvalue weighted by atomic mass is 10.1. The summed E-state index contributed by atoms with van der Waals surface area (Å²) in [5.41, 5.74) is 1.92. The van der Waals surface area contributed by atoms with Gasteiger partial charge in [0.05, 0.1) is 28.2 Å². The predicted molar refractivity (Wildman–Crippen MR) is 74.0 cm³/mol.